The fourth-order valence-corrected chi connectivity index (χ4v) is 3.63. The van der Waals surface area contributed by atoms with Gasteiger partial charge in [0.2, 0.25) is 17.7 Å². The Kier molecular flexibility index (Phi) is 4.38. The van der Waals surface area contributed by atoms with Gasteiger partial charge in [-0.25, -0.2) is 0 Å². The number of nitrogens with zero attached hydrogens (tertiary/aromatic N) is 1. The number of nitrogens with one attached hydrogen (secondary N) is 1. The minimum absolute atomic E-state index is 0.120. The average Bonchev–Trinajstić information content (AvgIpc) is 3.13. The van der Waals surface area contributed by atoms with Crippen molar-refractivity contribution in [3.63, 3.8) is 0 Å². The number of hydrogen-bond acceptors (Lipinski definition) is 4. The van der Waals surface area contributed by atoms with Crippen molar-refractivity contribution in [3.8, 4) is 0 Å². The molecule has 3 rings (SSSR count). The number of amides is 3. The van der Waals surface area contributed by atoms with Crippen molar-refractivity contribution < 1.29 is 14.4 Å². The van der Waals surface area contributed by atoms with Crippen LogP contribution in [0.3, 0.4) is 0 Å². The van der Waals surface area contributed by atoms with Crippen molar-refractivity contribution in [2.45, 2.75) is 25.8 Å². The zero-order valence-corrected chi connectivity index (χ0v) is 13.0. The van der Waals surface area contributed by atoms with Crippen LogP contribution in [-0.4, -0.2) is 29.2 Å². The molecule has 2 atom stereocenters. The van der Waals surface area contributed by atoms with E-state index >= 15 is 0 Å². The minimum atomic E-state index is -0.216. The summed E-state index contributed by atoms with van der Waals surface area (Å²) >= 11 is 1.58. The van der Waals surface area contributed by atoms with Crippen LogP contribution in [0.4, 0.5) is 0 Å². The molecule has 2 aliphatic rings. The number of thiophene rings is 1. The van der Waals surface area contributed by atoms with Crippen LogP contribution < -0.4 is 5.32 Å². The van der Waals surface area contributed by atoms with Crippen LogP contribution in [0, 0.1) is 11.8 Å². The van der Waals surface area contributed by atoms with Gasteiger partial charge in [0.05, 0.1) is 18.4 Å². The Morgan fingerprint density at radius 2 is 1.91 bits per heavy atom. The lowest BCUT2D eigenvalue weighted by Crippen LogP contribution is -2.35. The number of fused-ring (bicyclic) bond motifs is 1. The largest absolute Gasteiger partial charge is 0.351 e. The van der Waals surface area contributed by atoms with Crippen LogP contribution in [-0.2, 0) is 20.9 Å². The van der Waals surface area contributed by atoms with Crippen LogP contribution in [0.15, 0.2) is 29.7 Å². The fraction of sp³-hybridized carbons (Fsp3) is 0.438. The standard InChI is InChI=1S/C16H18N2O3S/c19-14(17-10-11-4-3-9-22-11)7-8-18-15(20)12-5-1-2-6-13(12)16(18)21/h1-4,9,12-13H,5-8,10H2,(H,17,19)/t12-,13-/m1/s1. The van der Waals surface area contributed by atoms with Gasteiger partial charge < -0.3 is 5.32 Å². The highest BCUT2D eigenvalue weighted by Gasteiger charge is 2.46. The van der Waals surface area contributed by atoms with Crippen molar-refractivity contribution in [1.82, 2.24) is 10.2 Å². The zero-order chi connectivity index (χ0) is 15.5. The summed E-state index contributed by atoms with van der Waals surface area (Å²) in [6, 6.07) is 3.89. The summed E-state index contributed by atoms with van der Waals surface area (Å²) in [5.74, 6) is -0.809. The number of carbonyl (C=O) groups excluding carboxylic acids is 3. The normalized spacial score (nSPS) is 23.7. The number of imide groups is 1. The maximum Gasteiger partial charge on any atom is 0.233 e. The molecule has 1 fully saturated rings. The molecule has 1 aliphatic carbocycles. The first-order valence-electron chi connectivity index (χ1n) is 7.46. The highest BCUT2D eigenvalue weighted by Crippen LogP contribution is 2.34. The SMILES string of the molecule is O=C(CCN1C(=O)[C@@H]2CC=CC[C@H]2C1=O)NCc1cccs1. The molecule has 1 saturated heterocycles. The van der Waals surface area contributed by atoms with Gasteiger partial charge in [-0.3, -0.25) is 19.3 Å². The van der Waals surface area contributed by atoms with E-state index in [1.54, 1.807) is 11.3 Å². The summed E-state index contributed by atoms with van der Waals surface area (Å²) < 4.78 is 0. The maximum atomic E-state index is 12.2. The molecule has 1 aromatic heterocycles. The molecular formula is C16H18N2O3S. The lowest BCUT2D eigenvalue weighted by Gasteiger charge is -2.14. The Morgan fingerprint density at radius 3 is 2.50 bits per heavy atom. The molecule has 6 heteroatoms. The highest BCUT2D eigenvalue weighted by molar-refractivity contribution is 7.09. The number of likely N-dealkylation sites (tertiary alicyclic amines) is 1. The molecule has 3 amide bonds. The number of carbonyl (C=O) groups is 3. The molecule has 0 radical (unpaired) electrons. The molecule has 1 N–H and O–H groups in total. The molecule has 116 valence electrons. The van der Waals surface area contributed by atoms with Crippen molar-refractivity contribution in [3.05, 3.63) is 34.5 Å². The number of rotatable bonds is 5. The van der Waals surface area contributed by atoms with Crippen molar-refractivity contribution in [2.24, 2.45) is 11.8 Å². The van der Waals surface area contributed by atoms with E-state index in [1.165, 1.54) is 4.90 Å². The van der Waals surface area contributed by atoms with Crippen molar-refractivity contribution >= 4 is 29.1 Å². The Balaban J connectivity index is 1.50. The predicted octanol–water partition coefficient (Wildman–Crippen LogP) is 1.71. The van der Waals surface area contributed by atoms with Gasteiger partial charge in [-0.15, -0.1) is 11.3 Å². The van der Waals surface area contributed by atoms with Gasteiger partial charge in [-0.05, 0) is 24.3 Å². The second kappa shape index (κ2) is 6.44. The van der Waals surface area contributed by atoms with E-state index in [4.69, 9.17) is 0 Å². The maximum absolute atomic E-state index is 12.2. The van der Waals surface area contributed by atoms with E-state index in [2.05, 4.69) is 5.32 Å². The van der Waals surface area contributed by atoms with Crippen LogP contribution in [0.25, 0.3) is 0 Å². The number of allylic oxidation sites excluding steroid dienone is 2. The summed E-state index contributed by atoms with van der Waals surface area (Å²) in [4.78, 5) is 38.7. The number of hydrogen-bond donors (Lipinski definition) is 1. The van der Waals surface area contributed by atoms with Gasteiger partial charge in [0, 0.05) is 17.8 Å². The van der Waals surface area contributed by atoms with Crippen LogP contribution in [0.2, 0.25) is 0 Å². The second-order valence-corrected chi connectivity index (χ2v) is 6.62. The highest BCUT2D eigenvalue weighted by atomic mass is 32.1. The summed E-state index contributed by atoms with van der Waals surface area (Å²) in [5, 5.41) is 4.77. The Morgan fingerprint density at radius 1 is 1.23 bits per heavy atom. The third-order valence-corrected chi connectivity index (χ3v) is 5.08. The van der Waals surface area contributed by atoms with Gasteiger partial charge in [0.1, 0.15) is 0 Å². The molecule has 22 heavy (non-hydrogen) atoms. The van der Waals surface area contributed by atoms with Crippen LogP contribution in [0.5, 0.6) is 0 Å². The minimum Gasteiger partial charge on any atom is -0.351 e. The molecule has 1 aliphatic heterocycles. The molecule has 2 heterocycles. The smallest absolute Gasteiger partial charge is 0.233 e. The van der Waals surface area contributed by atoms with Crippen LogP contribution >= 0.6 is 11.3 Å². The molecule has 5 nitrogen and oxygen atoms in total. The first kappa shape index (κ1) is 15.0. The summed E-state index contributed by atoms with van der Waals surface area (Å²) in [5.41, 5.74) is 0. The first-order chi connectivity index (χ1) is 10.7. The monoisotopic (exact) mass is 318 g/mol. The third-order valence-electron chi connectivity index (χ3n) is 4.20. The van der Waals surface area contributed by atoms with E-state index in [-0.39, 0.29) is 42.5 Å². The Bertz CT molecular complexity index is 583. The molecule has 0 bridgehead atoms. The topological polar surface area (TPSA) is 66.5 Å². The second-order valence-electron chi connectivity index (χ2n) is 5.59. The zero-order valence-electron chi connectivity index (χ0n) is 12.2. The summed E-state index contributed by atoms with van der Waals surface area (Å²) in [6.45, 7) is 0.675. The summed E-state index contributed by atoms with van der Waals surface area (Å²) in [6.07, 6.45) is 5.36. The fourth-order valence-electron chi connectivity index (χ4n) is 2.99. The van der Waals surface area contributed by atoms with Gasteiger partial charge in [-0.1, -0.05) is 18.2 Å². The average molecular weight is 318 g/mol. The molecular weight excluding hydrogens is 300 g/mol. The predicted molar refractivity (Wildman–Crippen MR) is 82.9 cm³/mol. The van der Waals surface area contributed by atoms with E-state index in [0.717, 1.165) is 4.88 Å². The Labute approximate surface area is 133 Å². The van der Waals surface area contributed by atoms with Crippen LogP contribution in [0.1, 0.15) is 24.1 Å². The van der Waals surface area contributed by atoms with Crippen molar-refractivity contribution in [2.75, 3.05) is 6.54 Å². The summed E-state index contributed by atoms with van der Waals surface area (Å²) in [7, 11) is 0. The molecule has 1 aromatic rings. The van der Waals surface area contributed by atoms with E-state index in [9.17, 15) is 14.4 Å². The lowest BCUT2D eigenvalue weighted by atomic mass is 9.85. The lowest BCUT2D eigenvalue weighted by molar-refractivity contribution is -0.140. The molecule has 0 saturated carbocycles. The molecule has 0 spiro atoms. The van der Waals surface area contributed by atoms with Crippen molar-refractivity contribution in [1.29, 1.82) is 0 Å². The van der Waals surface area contributed by atoms with E-state index < -0.39 is 0 Å². The molecule has 0 unspecified atom stereocenters. The first-order valence-corrected chi connectivity index (χ1v) is 8.34. The van der Waals surface area contributed by atoms with E-state index in [1.807, 2.05) is 29.7 Å². The van der Waals surface area contributed by atoms with Gasteiger partial charge in [-0.2, -0.15) is 0 Å². The van der Waals surface area contributed by atoms with E-state index in [0.29, 0.717) is 19.4 Å². The van der Waals surface area contributed by atoms with Gasteiger partial charge in [0.25, 0.3) is 0 Å². The molecule has 0 aromatic carbocycles. The van der Waals surface area contributed by atoms with Gasteiger partial charge >= 0.3 is 0 Å². The van der Waals surface area contributed by atoms with Gasteiger partial charge in [0.15, 0.2) is 0 Å². The third kappa shape index (κ3) is 2.97. The Hall–Kier alpha value is -1.95. The quantitative estimate of drug-likeness (QED) is 0.664.